The molecular weight excluding hydrogens is 256 g/mol. The molecule has 20 heavy (non-hydrogen) atoms. The van der Waals surface area contributed by atoms with Gasteiger partial charge in [-0.2, -0.15) is 0 Å². The number of guanidine groups is 1. The molecule has 0 saturated carbocycles. The van der Waals surface area contributed by atoms with Crippen LogP contribution in [-0.4, -0.2) is 79.9 Å². The predicted octanol–water partition coefficient (Wildman–Crippen LogP) is -0.115. The van der Waals surface area contributed by atoms with Gasteiger partial charge in [0.15, 0.2) is 5.96 Å². The summed E-state index contributed by atoms with van der Waals surface area (Å²) >= 11 is 0. The maximum absolute atomic E-state index is 6.07. The molecule has 3 saturated heterocycles. The van der Waals surface area contributed by atoms with Crippen LogP contribution in [-0.2, 0) is 9.47 Å². The van der Waals surface area contributed by atoms with Crippen LogP contribution in [0.25, 0.3) is 0 Å². The highest BCUT2D eigenvalue weighted by atomic mass is 16.5. The van der Waals surface area contributed by atoms with Crippen molar-refractivity contribution in [2.45, 2.75) is 38.1 Å². The third-order valence-electron chi connectivity index (χ3n) is 4.37. The second-order valence-electron chi connectivity index (χ2n) is 6.08. The van der Waals surface area contributed by atoms with Crippen molar-refractivity contribution >= 4 is 5.96 Å². The van der Waals surface area contributed by atoms with Gasteiger partial charge in [-0.15, -0.1) is 0 Å². The van der Waals surface area contributed by atoms with Crippen LogP contribution in [0.5, 0.6) is 0 Å². The fourth-order valence-corrected chi connectivity index (χ4v) is 3.31. The molecule has 0 aliphatic carbocycles. The van der Waals surface area contributed by atoms with Gasteiger partial charge in [0.2, 0.25) is 0 Å². The van der Waals surface area contributed by atoms with Crippen LogP contribution in [0.4, 0.5) is 0 Å². The first kappa shape index (κ1) is 14.1. The summed E-state index contributed by atoms with van der Waals surface area (Å²) in [7, 11) is 0. The Morgan fingerprint density at radius 3 is 2.70 bits per heavy atom. The third-order valence-corrected chi connectivity index (χ3v) is 4.37. The normalized spacial score (nSPS) is 35.5. The lowest BCUT2D eigenvalue weighted by Gasteiger charge is -2.33. The Kier molecular flexibility index (Phi) is 4.43. The van der Waals surface area contributed by atoms with Crippen molar-refractivity contribution in [3.05, 3.63) is 0 Å². The van der Waals surface area contributed by atoms with E-state index < -0.39 is 0 Å². The molecule has 6 heteroatoms. The number of nitrogens with two attached hydrogens (primary N) is 1. The molecular formula is C14H26N4O2. The zero-order valence-electron chi connectivity index (χ0n) is 12.3. The molecule has 3 fully saturated rings. The Balaban J connectivity index is 1.43. The number of likely N-dealkylation sites (tertiary alicyclic amines) is 1. The van der Waals surface area contributed by atoms with E-state index in [-0.39, 0.29) is 6.10 Å². The number of hydrogen-bond donors (Lipinski definition) is 1. The molecule has 3 atom stereocenters. The quantitative estimate of drug-likeness (QED) is 0.578. The topological polar surface area (TPSA) is 63.3 Å². The summed E-state index contributed by atoms with van der Waals surface area (Å²) in [5.74, 6) is 0.663. The van der Waals surface area contributed by atoms with E-state index >= 15 is 0 Å². The zero-order chi connectivity index (χ0) is 13.9. The molecule has 0 aromatic rings. The average molecular weight is 282 g/mol. The molecule has 3 aliphatic rings. The van der Waals surface area contributed by atoms with Gasteiger partial charge in [-0.1, -0.05) is 0 Å². The molecule has 0 aromatic heterocycles. The van der Waals surface area contributed by atoms with Crippen LogP contribution in [0.3, 0.4) is 0 Å². The Hall–Kier alpha value is -0.850. The van der Waals surface area contributed by atoms with E-state index in [1.165, 1.54) is 12.8 Å². The van der Waals surface area contributed by atoms with Crippen LogP contribution in [0.15, 0.2) is 4.99 Å². The van der Waals surface area contributed by atoms with Crippen LogP contribution < -0.4 is 5.73 Å². The number of aliphatic imine (C=N–C) groups is 1. The second-order valence-corrected chi connectivity index (χ2v) is 6.08. The van der Waals surface area contributed by atoms with Crippen molar-refractivity contribution < 1.29 is 9.47 Å². The van der Waals surface area contributed by atoms with Gasteiger partial charge >= 0.3 is 0 Å². The van der Waals surface area contributed by atoms with Gasteiger partial charge in [0.1, 0.15) is 0 Å². The number of fused-ring (bicyclic) bond motifs is 2. The summed E-state index contributed by atoms with van der Waals surface area (Å²) in [6.07, 6.45) is 3.59. The van der Waals surface area contributed by atoms with Gasteiger partial charge in [-0.05, 0) is 19.8 Å². The third kappa shape index (κ3) is 3.42. The first-order valence-electron chi connectivity index (χ1n) is 7.75. The van der Waals surface area contributed by atoms with Gasteiger partial charge < -0.3 is 20.1 Å². The van der Waals surface area contributed by atoms with Gasteiger partial charge in [-0.3, -0.25) is 9.89 Å². The Bertz CT molecular complexity index is 351. The van der Waals surface area contributed by atoms with Gasteiger partial charge in [0.25, 0.3) is 0 Å². The number of rotatable bonds is 3. The van der Waals surface area contributed by atoms with Crippen LogP contribution >= 0.6 is 0 Å². The molecule has 114 valence electrons. The van der Waals surface area contributed by atoms with Crippen LogP contribution in [0.1, 0.15) is 19.8 Å². The lowest BCUT2D eigenvalue weighted by molar-refractivity contribution is -0.0371. The van der Waals surface area contributed by atoms with E-state index in [9.17, 15) is 0 Å². The smallest absolute Gasteiger partial charge is 0.191 e. The Morgan fingerprint density at radius 1 is 1.25 bits per heavy atom. The van der Waals surface area contributed by atoms with Crippen LogP contribution in [0.2, 0.25) is 0 Å². The molecule has 3 heterocycles. The zero-order valence-corrected chi connectivity index (χ0v) is 12.3. The molecule has 0 aromatic carbocycles. The van der Waals surface area contributed by atoms with Crippen molar-refractivity contribution in [1.29, 1.82) is 0 Å². The van der Waals surface area contributed by atoms with E-state index in [2.05, 4.69) is 21.7 Å². The van der Waals surface area contributed by atoms with Gasteiger partial charge in [0, 0.05) is 32.7 Å². The van der Waals surface area contributed by atoms with Crippen molar-refractivity contribution in [3.63, 3.8) is 0 Å². The molecule has 6 nitrogen and oxygen atoms in total. The van der Waals surface area contributed by atoms with Crippen molar-refractivity contribution in [2.24, 2.45) is 10.7 Å². The summed E-state index contributed by atoms with van der Waals surface area (Å²) in [6.45, 7) is 8.38. The maximum atomic E-state index is 6.07. The molecule has 0 amide bonds. The van der Waals surface area contributed by atoms with Gasteiger partial charge in [-0.25, -0.2) is 0 Å². The van der Waals surface area contributed by atoms with E-state index in [4.69, 9.17) is 15.2 Å². The largest absolute Gasteiger partial charge is 0.375 e. The van der Waals surface area contributed by atoms with E-state index in [1.54, 1.807) is 0 Å². The van der Waals surface area contributed by atoms with Crippen LogP contribution in [0, 0.1) is 0 Å². The predicted molar refractivity (Wildman–Crippen MR) is 77.8 cm³/mol. The Morgan fingerprint density at radius 2 is 2.00 bits per heavy atom. The summed E-state index contributed by atoms with van der Waals surface area (Å²) in [4.78, 5) is 9.11. The minimum Gasteiger partial charge on any atom is -0.375 e. The van der Waals surface area contributed by atoms with E-state index in [0.29, 0.717) is 18.2 Å². The molecule has 0 radical (unpaired) electrons. The summed E-state index contributed by atoms with van der Waals surface area (Å²) in [6, 6.07) is 0. The number of ether oxygens (including phenoxy) is 2. The van der Waals surface area contributed by atoms with Gasteiger partial charge in [0.05, 0.1) is 31.5 Å². The lowest BCUT2D eigenvalue weighted by atomic mass is 10.2. The minimum atomic E-state index is 0.243. The first-order valence-corrected chi connectivity index (χ1v) is 7.75. The molecule has 2 bridgehead atoms. The highest BCUT2D eigenvalue weighted by molar-refractivity contribution is 5.78. The van der Waals surface area contributed by atoms with E-state index in [0.717, 1.165) is 45.9 Å². The molecule has 0 spiro atoms. The minimum absolute atomic E-state index is 0.243. The Labute approximate surface area is 120 Å². The highest BCUT2D eigenvalue weighted by Crippen LogP contribution is 2.25. The molecule has 3 rings (SSSR count). The van der Waals surface area contributed by atoms with Crippen molar-refractivity contribution in [3.8, 4) is 0 Å². The highest BCUT2D eigenvalue weighted by Gasteiger charge is 2.33. The van der Waals surface area contributed by atoms with Crippen molar-refractivity contribution in [1.82, 2.24) is 9.80 Å². The fraction of sp³-hybridized carbons (Fsp3) is 0.929. The van der Waals surface area contributed by atoms with Crippen molar-refractivity contribution in [2.75, 3.05) is 45.9 Å². The summed E-state index contributed by atoms with van der Waals surface area (Å²) < 4.78 is 11.4. The number of morpholine rings is 2. The SMILES string of the molecule is CC1CN(C(N)=NCCN2CC3CCC(C2)O3)CCO1. The second kappa shape index (κ2) is 6.28. The summed E-state index contributed by atoms with van der Waals surface area (Å²) in [5, 5.41) is 0. The monoisotopic (exact) mass is 282 g/mol. The average Bonchev–Trinajstić information content (AvgIpc) is 2.78. The molecule has 3 unspecified atom stereocenters. The summed E-state index contributed by atoms with van der Waals surface area (Å²) in [5.41, 5.74) is 6.07. The molecule has 3 aliphatic heterocycles. The van der Waals surface area contributed by atoms with E-state index in [1.807, 2.05) is 0 Å². The number of nitrogens with zero attached hydrogens (tertiary/aromatic N) is 3. The molecule has 2 N–H and O–H groups in total. The maximum Gasteiger partial charge on any atom is 0.191 e. The number of hydrogen-bond acceptors (Lipinski definition) is 4. The first-order chi connectivity index (χ1) is 9.70. The standard InChI is InChI=1S/C14H26N4O2/c1-11-8-18(6-7-19-11)14(15)16-4-5-17-9-12-2-3-13(10-17)20-12/h11-13H,2-10H2,1H3,(H2,15,16). The lowest BCUT2D eigenvalue weighted by Crippen LogP contribution is -2.48. The fourth-order valence-electron chi connectivity index (χ4n) is 3.31.